The Kier molecular flexibility index (Phi) is 5.31. The van der Waals surface area contributed by atoms with E-state index in [2.05, 4.69) is 5.10 Å². The number of amides is 1. The van der Waals surface area contributed by atoms with Gasteiger partial charge in [0.25, 0.3) is 5.91 Å². The number of carbonyl (C=O) groups excluding carboxylic acids is 1. The third-order valence-corrected chi connectivity index (χ3v) is 4.29. The summed E-state index contributed by atoms with van der Waals surface area (Å²) in [7, 11) is 0. The standard InChI is InChI=1S/C18H18FN3O5/c1-11-8-15(23)17(20-22(11)14-5-3-2-4-13(14)19)18(26)21-6-7-27-10-12(21)9-16(24)25/h2-5,8,12H,6-7,9-10H2,1H3,(H,24,25). The number of aromatic nitrogens is 2. The number of aliphatic carboxylic acids is 1. The zero-order valence-corrected chi connectivity index (χ0v) is 14.6. The molecule has 0 spiro atoms. The number of halogens is 1. The molecule has 8 nitrogen and oxygen atoms in total. The van der Waals surface area contributed by atoms with E-state index in [9.17, 15) is 18.8 Å². The lowest BCUT2D eigenvalue weighted by Gasteiger charge is -2.34. The SMILES string of the molecule is Cc1cc(=O)c(C(=O)N2CCOCC2CC(=O)O)nn1-c1ccccc1F. The molecule has 1 atom stereocenters. The summed E-state index contributed by atoms with van der Waals surface area (Å²) in [5.74, 6) is -2.33. The minimum Gasteiger partial charge on any atom is -0.481 e. The Morgan fingerprint density at radius 2 is 2.11 bits per heavy atom. The van der Waals surface area contributed by atoms with Gasteiger partial charge in [-0.15, -0.1) is 0 Å². The highest BCUT2D eigenvalue weighted by atomic mass is 19.1. The van der Waals surface area contributed by atoms with Gasteiger partial charge >= 0.3 is 5.97 Å². The van der Waals surface area contributed by atoms with Crippen molar-refractivity contribution < 1.29 is 23.8 Å². The smallest absolute Gasteiger partial charge is 0.305 e. The Labute approximate surface area is 153 Å². The Hall–Kier alpha value is -3.07. The molecule has 1 saturated heterocycles. The number of rotatable bonds is 4. The molecule has 1 aromatic carbocycles. The fourth-order valence-corrected chi connectivity index (χ4v) is 2.99. The number of hydrogen-bond donors (Lipinski definition) is 1. The van der Waals surface area contributed by atoms with E-state index in [1.165, 1.54) is 33.8 Å². The number of carboxylic acid groups (broad SMARTS) is 1. The first-order valence-corrected chi connectivity index (χ1v) is 8.35. The van der Waals surface area contributed by atoms with E-state index in [-0.39, 0.29) is 37.6 Å². The van der Waals surface area contributed by atoms with Gasteiger partial charge in [0.15, 0.2) is 5.69 Å². The number of nitrogens with zero attached hydrogens (tertiary/aromatic N) is 3. The van der Waals surface area contributed by atoms with Gasteiger partial charge in [0, 0.05) is 18.3 Å². The number of hydrogen-bond acceptors (Lipinski definition) is 5. The quantitative estimate of drug-likeness (QED) is 0.855. The molecular weight excluding hydrogens is 357 g/mol. The van der Waals surface area contributed by atoms with Crippen molar-refractivity contribution in [2.24, 2.45) is 0 Å². The second kappa shape index (κ2) is 7.67. The normalized spacial score (nSPS) is 17.0. The van der Waals surface area contributed by atoms with Crippen LogP contribution in [-0.4, -0.2) is 57.5 Å². The fourth-order valence-electron chi connectivity index (χ4n) is 2.99. The monoisotopic (exact) mass is 375 g/mol. The van der Waals surface area contributed by atoms with E-state index in [0.29, 0.717) is 5.69 Å². The first-order chi connectivity index (χ1) is 12.9. The van der Waals surface area contributed by atoms with Crippen LogP contribution in [-0.2, 0) is 9.53 Å². The van der Waals surface area contributed by atoms with Crippen LogP contribution in [0.15, 0.2) is 35.1 Å². The van der Waals surface area contributed by atoms with Crippen LogP contribution in [0, 0.1) is 12.7 Å². The number of aryl methyl sites for hydroxylation is 1. The Balaban J connectivity index is 2.02. The predicted octanol–water partition coefficient (Wildman–Crippen LogP) is 0.996. The van der Waals surface area contributed by atoms with Crippen LogP contribution in [0.4, 0.5) is 4.39 Å². The molecule has 9 heteroatoms. The number of para-hydroxylation sites is 1. The first kappa shape index (κ1) is 18.7. The molecule has 0 radical (unpaired) electrons. The van der Waals surface area contributed by atoms with Crippen LogP contribution in [0.3, 0.4) is 0 Å². The molecule has 1 aliphatic heterocycles. The number of carboxylic acids is 1. The summed E-state index contributed by atoms with van der Waals surface area (Å²) in [6, 6.07) is 6.38. The van der Waals surface area contributed by atoms with Gasteiger partial charge in [-0.1, -0.05) is 12.1 Å². The van der Waals surface area contributed by atoms with Gasteiger partial charge in [0.05, 0.1) is 25.7 Å². The summed E-state index contributed by atoms with van der Waals surface area (Å²) in [5, 5.41) is 13.1. The molecule has 27 heavy (non-hydrogen) atoms. The highest BCUT2D eigenvalue weighted by molar-refractivity contribution is 5.92. The minimum atomic E-state index is -1.08. The predicted molar refractivity (Wildman–Crippen MR) is 92.4 cm³/mol. The van der Waals surface area contributed by atoms with Gasteiger partial charge in [-0.2, -0.15) is 5.10 Å². The molecule has 1 N–H and O–H groups in total. The van der Waals surface area contributed by atoms with Crippen molar-refractivity contribution in [3.8, 4) is 5.69 Å². The largest absolute Gasteiger partial charge is 0.481 e. The van der Waals surface area contributed by atoms with Gasteiger partial charge < -0.3 is 14.7 Å². The molecule has 1 aromatic heterocycles. The van der Waals surface area contributed by atoms with Gasteiger partial charge in [0.1, 0.15) is 11.5 Å². The molecule has 0 bridgehead atoms. The van der Waals surface area contributed by atoms with Crippen LogP contribution in [0.2, 0.25) is 0 Å². The molecule has 2 aromatic rings. The zero-order chi connectivity index (χ0) is 19.6. The van der Waals surface area contributed by atoms with Crippen LogP contribution in [0.5, 0.6) is 0 Å². The maximum atomic E-state index is 14.1. The lowest BCUT2D eigenvalue weighted by atomic mass is 10.1. The topological polar surface area (TPSA) is 102 Å². The Morgan fingerprint density at radius 1 is 1.37 bits per heavy atom. The molecule has 0 saturated carbocycles. The molecular formula is C18H18FN3O5. The van der Waals surface area contributed by atoms with Crippen LogP contribution in [0.1, 0.15) is 22.6 Å². The average Bonchev–Trinajstić information content (AvgIpc) is 2.62. The van der Waals surface area contributed by atoms with Gasteiger partial charge in [-0.05, 0) is 19.1 Å². The van der Waals surface area contributed by atoms with Gasteiger partial charge in [-0.25, -0.2) is 9.07 Å². The second-order valence-electron chi connectivity index (χ2n) is 6.19. The van der Waals surface area contributed by atoms with Crippen molar-refractivity contribution in [3.63, 3.8) is 0 Å². The average molecular weight is 375 g/mol. The molecule has 142 valence electrons. The fraction of sp³-hybridized carbons (Fsp3) is 0.333. The maximum Gasteiger partial charge on any atom is 0.305 e. The van der Waals surface area contributed by atoms with Crippen molar-refractivity contribution in [2.75, 3.05) is 19.8 Å². The van der Waals surface area contributed by atoms with E-state index >= 15 is 0 Å². The minimum absolute atomic E-state index is 0.0609. The summed E-state index contributed by atoms with van der Waals surface area (Å²) in [5.41, 5.74) is -0.523. The Bertz CT molecular complexity index is 943. The first-order valence-electron chi connectivity index (χ1n) is 8.35. The van der Waals surface area contributed by atoms with E-state index in [1.807, 2.05) is 0 Å². The molecule has 2 heterocycles. The lowest BCUT2D eigenvalue weighted by molar-refractivity contribution is -0.139. The molecule has 1 amide bonds. The third kappa shape index (κ3) is 3.87. The molecule has 1 unspecified atom stereocenters. The zero-order valence-electron chi connectivity index (χ0n) is 14.6. The summed E-state index contributed by atoms with van der Waals surface area (Å²) in [4.78, 5) is 37.6. The van der Waals surface area contributed by atoms with Crippen LogP contribution < -0.4 is 5.43 Å². The van der Waals surface area contributed by atoms with Gasteiger partial charge in [-0.3, -0.25) is 14.4 Å². The van der Waals surface area contributed by atoms with Crippen LogP contribution >= 0.6 is 0 Å². The second-order valence-corrected chi connectivity index (χ2v) is 6.19. The molecule has 1 aliphatic rings. The molecule has 3 rings (SSSR count). The highest BCUT2D eigenvalue weighted by Gasteiger charge is 2.32. The van der Waals surface area contributed by atoms with Gasteiger partial charge in [0.2, 0.25) is 5.43 Å². The molecule has 0 aliphatic carbocycles. The Morgan fingerprint density at radius 3 is 2.81 bits per heavy atom. The van der Waals surface area contributed by atoms with Crippen molar-refractivity contribution in [2.45, 2.75) is 19.4 Å². The number of carbonyl (C=O) groups is 2. The van der Waals surface area contributed by atoms with E-state index in [4.69, 9.17) is 9.84 Å². The van der Waals surface area contributed by atoms with Crippen molar-refractivity contribution in [3.05, 3.63) is 57.8 Å². The summed E-state index contributed by atoms with van der Waals surface area (Å²) in [6.07, 6.45) is -0.306. The summed E-state index contributed by atoms with van der Waals surface area (Å²) < 4.78 is 20.6. The van der Waals surface area contributed by atoms with Crippen molar-refractivity contribution in [1.82, 2.24) is 14.7 Å². The summed E-state index contributed by atoms with van der Waals surface area (Å²) in [6.45, 7) is 2.02. The van der Waals surface area contributed by atoms with Crippen molar-refractivity contribution in [1.29, 1.82) is 0 Å². The highest BCUT2D eigenvalue weighted by Crippen LogP contribution is 2.16. The van der Waals surface area contributed by atoms with Crippen LogP contribution in [0.25, 0.3) is 5.69 Å². The number of ether oxygens (including phenoxy) is 1. The number of morpholine rings is 1. The number of benzene rings is 1. The molecule has 1 fully saturated rings. The van der Waals surface area contributed by atoms with E-state index in [0.717, 1.165) is 0 Å². The lowest BCUT2D eigenvalue weighted by Crippen LogP contribution is -2.51. The van der Waals surface area contributed by atoms with E-state index < -0.39 is 29.2 Å². The van der Waals surface area contributed by atoms with Crippen molar-refractivity contribution >= 4 is 11.9 Å². The maximum absolute atomic E-state index is 14.1. The summed E-state index contributed by atoms with van der Waals surface area (Å²) >= 11 is 0. The van der Waals surface area contributed by atoms with E-state index in [1.54, 1.807) is 13.0 Å². The third-order valence-electron chi connectivity index (χ3n) is 4.29.